The van der Waals surface area contributed by atoms with Crippen LogP contribution in [-0.2, 0) is 10.3 Å². The summed E-state index contributed by atoms with van der Waals surface area (Å²) in [5.41, 5.74) is 1.39. The van der Waals surface area contributed by atoms with Gasteiger partial charge in [-0.05, 0) is 24.6 Å². The van der Waals surface area contributed by atoms with Gasteiger partial charge in [0.05, 0.1) is 24.8 Å². The second-order valence-electron chi connectivity index (χ2n) is 7.12. The summed E-state index contributed by atoms with van der Waals surface area (Å²) in [5.74, 6) is 1.15. The van der Waals surface area contributed by atoms with Crippen molar-refractivity contribution in [1.82, 2.24) is 14.9 Å². The molecule has 0 radical (unpaired) electrons. The van der Waals surface area contributed by atoms with Crippen molar-refractivity contribution in [3.63, 3.8) is 0 Å². The van der Waals surface area contributed by atoms with Crippen LogP contribution in [-0.4, -0.2) is 62.4 Å². The molecule has 0 spiro atoms. The van der Waals surface area contributed by atoms with E-state index in [1.165, 1.54) is 0 Å². The Hall–Kier alpha value is -2.15. The largest absolute Gasteiger partial charge is 0.481 e. The van der Waals surface area contributed by atoms with E-state index in [1.54, 1.807) is 14.2 Å². The second kappa shape index (κ2) is 8.47. The number of halogens is 1. The average Bonchev–Trinajstić information content (AvgIpc) is 3.14. The first-order valence-corrected chi connectivity index (χ1v) is 9.60. The maximum atomic E-state index is 6.17. The zero-order valence-electron chi connectivity index (χ0n) is 17.0. The summed E-state index contributed by atoms with van der Waals surface area (Å²) in [7, 11) is 7.18. The number of anilines is 1. The molecule has 2 atom stereocenters. The number of benzene rings is 1. The molecule has 1 aromatic carbocycles. The van der Waals surface area contributed by atoms with E-state index in [0.717, 1.165) is 17.7 Å². The fourth-order valence-electron chi connectivity index (χ4n) is 3.79. The molecule has 3 rings (SSSR count). The molecule has 0 N–H and O–H groups in total. The molecule has 0 fully saturated rings. The third-order valence-electron chi connectivity index (χ3n) is 5.08. The van der Waals surface area contributed by atoms with Gasteiger partial charge < -0.3 is 14.4 Å². The fraction of sp³-hybridized carbons (Fsp3) is 0.429. The molecular weight excluding hydrogens is 376 g/mol. The lowest BCUT2D eigenvalue weighted by Crippen LogP contribution is -2.49. The van der Waals surface area contributed by atoms with Crippen LogP contribution in [0.15, 0.2) is 42.6 Å². The maximum absolute atomic E-state index is 6.17. The van der Waals surface area contributed by atoms with Crippen molar-refractivity contribution >= 4 is 17.5 Å². The SMILES string of the molecule is COC[C@@H](C)N1CC=CC1(c1ccc(Cl)cc1)c1cnc(N(C)C)nc1OC. The quantitative estimate of drug-likeness (QED) is 0.662. The molecule has 150 valence electrons. The van der Waals surface area contributed by atoms with Crippen molar-refractivity contribution in [1.29, 1.82) is 0 Å². The van der Waals surface area contributed by atoms with Gasteiger partial charge in [-0.3, -0.25) is 4.90 Å². The Bertz CT molecular complexity index is 841. The van der Waals surface area contributed by atoms with E-state index in [0.29, 0.717) is 23.5 Å². The summed E-state index contributed by atoms with van der Waals surface area (Å²) in [6.07, 6.45) is 6.22. The number of hydrogen-bond acceptors (Lipinski definition) is 6. The minimum Gasteiger partial charge on any atom is -0.481 e. The molecule has 1 aromatic heterocycles. The van der Waals surface area contributed by atoms with Gasteiger partial charge in [0.25, 0.3) is 0 Å². The summed E-state index contributed by atoms with van der Waals surface area (Å²) >= 11 is 6.17. The normalized spacial score (nSPS) is 20.4. The van der Waals surface area contributed by atoms with Gasteiger partial charge in [-0.2, -0.15) is 4.98 Å². The van der Waals surface area contributed by atoms with E-state index in [-0.39, 0.29) is 6.04 Å². The Labute approximate surface area is 171 Å². The third kappa shape index (κ3) is 3.60. The first-order valence-electron chi connectivity index (χ1n) is 9.22. The Balaban J connectivity index is 2.23. The van der Waals surface area contributed by atoms with Crippen molar-refractivity contribution in [2.75, 3.05) is 46.4 Å². The monoisotopic (exact) mass is 402 g/mol. The lowest BCUT2D eigenvalue weighted by atomic mass is 9.82. The van der Waals surface area contributed by atoms with Crippen LogP contribution < -0.4 is 9.64 Å². The fourth-order valence-corrected chi connectivity index (χ4v) is 3.92. The summed E-state index contributed by atoms with van der Waals surface area (Å²) in [4.78, 5) is 13.4. The van der Waals surface area contributed by atoms with Crippen LogP contribution in [0.3, 0.4) is 0 Å². The van der Waals surface area contributed by atoms with Crippen LogP contribution in [0.25, 0.3) is 0 Å². The summed E-state index contributed by atoms with van der Waals surface area (Å²) in [6, 6.07) is 8.07. The van der Waals surface area contributed by atoms with Crippen molar-refractivity contribution in [3.05, 3.63) is 58.8 Å². The summed E-state index contributed by atoms with van der Waals surface area (Å²) < 4.78 is 11.2. The smallest absolute Gasteiger partial charge is 0.228 e. The molecular formula is C21H27ClN4O2. The van der Waals surface area contributed by atoms with Crippen LogP contribution >= 0.6 is 11.6 Å². The molecule has 2 heterocycles. The van der Waals surface area contributed by atoms with Crippen molar-refractivity contribution in [2.45, 2.75) is 18.5 Å². The topological polar surface area (TPSA) is 50.7 Å². The van der Waals surface area contributed by atoms with Gasteiger partial charge in [-0.25, -0.2) is 4.98 Å². The van der Waals surface area contributed by atoms with Crippen LogP contribution in [0.5, 0.6) is 5.88 Å². The maximum Gasteiger partial charge on any atom is 0.228 e. The van der Waals surface area contributed by atoms with E-state index in [4.69, 9.17) is 21.1 Å². The molecule has 0 bridgehead atoms. The molecule has 28 heavy (non-hydrogen) atoms. The highest BCUT2D eigenvalue weighted by Crippen LogP contribution is 2.45. The molecule has 0 aliphatic carbocycles. The second-order valence-corrected chi connectivity index (χ2v) is 7.56. The first-order chi connectivity index (χ1) is 13.4. The van der Waals surface area contributed by atoms with E-state index >= 15 is 0 Å². The van der Waals surface area contributed by atoms with Gasteiger partial charge in [-0.1, -0.05) is 35.9 Å². The Morgan fingerprint density at radius 2 is 1.96 bits per heavy atom. The number of rotatable bonds is 7. The van der Waals surface area contributed by atoms with Gasteiger partial charge in [0.1, 0.15) is 0 Å². The number of nitrogens with zero attached hydrogens (tertiary/aromatic N) is 4. The number of ether oxygens (including phenoxy) is 2. The Kier molecular flexibility index (Phi) is 6.23. The zero-order valence-corrected chi connectivity index (χ0v) is 17.8. The van der Waals surface area contributed by atoms with Gasteiger partial charge in [0.15, 0.2) is 0 Å². The van der Waals surface area contributed by atoms with Crippen LogP contribution in [0.2, 0.25) is 5.02 Å². The molecule has 0 saturated heterocycles. The van der Waals surface area contributed by atoms with Gasteiger partial charge >= 0.3 is 0 Å². The Morgan fingerprint density at radius 1 is 1.25 bits per heavy atom. The molecule has 0 saturated carbocycles. The predicted molar refractivity (Wildman–Crippen MR) is 112 cm³/mol. The van der Waals surface area contributed by atoms with E-state index in [1.807, 2.05) is 49.5 Å². The van der Waals surface area contributed by atoms with E-state index in [2.05, 4.69) is 33.9 Å². The standard InChI is InChI=1S/C21H27ClN4O2/c1-15(14-27-4)26-12-6-11-21(26,16-7-9-17(22)10-8-16)18-13-23-20(25(2)3)24-19(18)28-5/h6-11,13,15H,12,14H2,1-5H3/t15-,21?/m1/s1. The lowest BCUT2D eigenvalue weighted by Gasteiger charge is -2.42. The Morgan fingerprint density at radius 3 is 2.57 bits per heavy atom. The highest BCUT2D eigenvalue weighted by molar-refractivity contribution is 6.30. The highest BCUT2D eigenvalue weighted by Gasteiger charge is 2.45. The molecule has 2 aromatic rings. The van der Waals surface area contributed by atoms with Gasteiger partial charge in [-0.15, -0.1) is 0 Å². The van der Waals surface area contributed by atoms with E-state index in [9.17, 15) is 0 Å². The highest BCUT2D eigenvalue weighted by atomic mass is 35.5. The minimum absolute atomic E-state index is 0.161. The van der Waals surface area contributed by atoms with Crippen molar-refractivity contribution in [2.24, 2.45) is 0 Å². The van der Waals surface area contributed by atoms with Crippen LogP contribution in [0, 0.1) is 0 Å². The van der Waals surface area contributed by atoms with Crippen molar-refractivity contribution < 1.29 is 9.47 Å². The third-order valence-corrected chi connectivity index (χ3v) is 5.34. The number of methoxy groups -OCH3 is 2. The molecule has 0 amide bonds. The average molecular weight is 403 g/mol. The lowest BCUT2D eigenvalue weighted by molar-refractivity contribution is 0.0688. The first kappa shape index (κ1) is 20.6. The molecule has 1 aliphatic heterocycles. The molecule has 7 heteroatoms. The minimum atomic E-state index is -0.571. The number of hydrogen-bond donors (Lipinski definition) is 0. The predicted octanol–water partition coefficient (Wildman–Crippen LogP) is 3.35. The van der Waals surface area contributed by atoms with Crippen LogP contribution in [0.4, 0.5) is 5.95 Å². The summed E-state index contributed by atoms with van der Waals surface area (Å²) in [5, 5.41) is 0.698. The van der Waals surface area contributed by atoms with Gasteiger partial charge in [0, 0.05) is 45.0 Å². The van der Waals surface area contributed by atoms with Crippen molar-refractivity contribution in [3.8, 4) is 5.88 Å². The molecule has 6 nitrogen and oxygen atoms in total. The van der Waals surface area contributed by atoms with Crippen LogP contribution in [0.1, 0.15) is 18.1 Å². The zero-order chi connectivity index (χ0) is 20.3. The van der Waals surface area contributed by atoms with Gasteiger partial charge in [0.2, 0.25) is 11.8 Å². The summed E-state index contributed by atoms with van der Waals surface area (Å²) in [6.45, 7) is 3.55. The molecule has 1 unspecified atom stereocenters. The molecule has 1 aliphatic rings. The van der Waals surface area contributed by atoms with E-state index < -0.39 is 5.54 Å². The number of aromatic nitrogens is 2.